The molecule has 0 N–H and O–H groups in total. The van der Waals surface area contributed by atoms with Crippen molar-refractivity contribution in [1.29, 1.82) is 0 Å². The minimum atomic E-state index is -3.41. The zero-order valence-electron chi connectivity index (χ0n) is 14.5. The third-order valence-corrected chi connectivity index (χ3v) is 6.16. The van der Waals surface area contributed by atoms with Crippen molar-refractivity contribution < 1.29 is 17.9 Å². The van der Waals surface area contributed by atoms with Gasteiger partial charge in [-0.2, -0.15) is 0 Å². The van der Waals surface area contributed by atoms with E-state index >= 15 is 0 Å². The van der Waals surface area contributed by atoms with E-state index in [2.05, 4.69) is 4.98 Å². The van der Waals surface area contributed by atoms with Crippen LogP contribution in [0.15, 0.2) is 36.7 Å². The van der Waals surface area contributed by atoms with Gasteiger partial charge in [0.1, 0.15) is 24.3 Å². The smallest absolute Gasteiger partial charge is 0.217 e. The average Bonchev–Trinajstić information content (AvgIpc) is 2.99. The molecule has 2 heterocycles. The number of ether oxygens (including phenoxy) is 2. The second-order valence-electron chi connectivity index (χ2n) is 6.12. The Labute approximate surface area is 148 Å². The summed E-state index contributed by atoms with van der Waals surface area (Å²) in [5.41, 5.74) is 0. The largest absolute Gasteiger partial charge is 0.486 e. The number of nitrogens with zero attached hydrogens (tertiary/aromatic N) is 3. The Morgan fingerprint density at radius 2 is 2.08 bits per heavy atom. The van der Waals surface area contributed by atoms with Crippen LogP contribution in [0.4, 0.5) is 0 Å². The number of hydrogen-bond acceptors (Lipinski definition) is 5. The van der Waals surface area contributed by atoms with Crippen LogP contribution >= 0.6 is 0 Å². The monoisotopic (exact) mass is 365 g/mol. The lowest BCUT2D eigenvalue weighted by Gasteiger charge is -2.27. The Morgan fingerprint density at radius 3 is 2.80 bits per heavy atom. The summed E-state index contributed by atoms with van der Waals surface area (Å²) in [4.78, 5) is 4.16. The summed E-state index contributed by atoms with van der Waals surface area (Å²) in [5.74, 6) is 2.08. The molecule has 25 heavy (non-hydrogen) atoms. The fourth-order valence-electron chi connectivity index (χ4n) is 2.75. The van der Waals surface area contributed by atoms with Crippen LogP contribution in [0.25, 0.3) is 0 Å². The highest BCUT2D eigenvalue weighted by Gasteiger charge is 2.28. The molecule has 1 aliphatic rings. The fraction of sp³-hybridized carbons (Fsp3) is 0.471. The molecule has 2 aromatic rings. The molecule has 3 rings (SSSR count). The predicted molar refractivity (Wildman–Crippen MR) is 94.4 cm³/mol. The topological polar surface area (TPSA) is 73.7 Å². The minimum absolute atomic E-state index is 0.0953. The third kappa shape index (κ3) is 4.32. The van der Waals surface area contributed by atoms with Gasteiger partial charge < -0.3 is 14.0 Å². The standard InChI is InChI=1S/C17H23N3O4S/c1-14-18-8-11-20(14)10-5-9-19(2)25(21,22)13-15-12-23-16-6-3-4-7-17(16)24-15/h3-4,6-8,11,15H,5,9-10,12-13H2,1-2H3. The molecule has 0 radical (unpaired) electrons. The summed E-state index contributed by atoms with van der Waals surface area (Å²) in [6.07, 6.45) is 3.86. The zero-order valence-corrected chi connectivity index (χ0v) is 15.3. The van der Waals surface area contributed by atoms with Gasteiger partial charge in [0.15, 0.2) is 11.5 Å². The van der Waals surface area contributed by atoms with E-state index in [1.165, 1.54) is 4.31 Å². The van der Waals surface area contributed by atoms with Crippen LogP contribution in [0, 0.1) is 6.92 Å². The van der Waals surface area contributed by atoms with Gasteiger partial charge in [-0.3, -0.25) is 0 Å². The number of hydrogen-bond donors (Lipinski definition) is 0. The number of imidazole rings is 1. The van der Waals surface area contributed by atoms with E-state index < -0.39 is 16.1 Å². The lowest BCUT2D eigenvalue weighted by molar-refractivity contribution is 0.105. The lowest BCUT2D eigenvalue weighted by atomic mass is 10.3. The van der Waals surface area contributed by atoms with Crippen LogP contribution < -0.4 is 9.47 Å². The molecule has 0 amide bonds. The van der Waals surface area contributed by atoms with Crippen molar-refractivity contribution in [3.63, 3.8) is 0 Å². The first-order valence-electron chi connectivity index (χ1n) is 8.26. The van der Waals surface area contributed by atoms with Gasteiger partial charge in [-0.15, -0.1) is 0 Å². The second-order valence-corrected chi connectivity index (χ2v) is 8.24. The van der Waals surface area contributed by atoms with Crippen LogP contribution in [0.3, 0.4) is 0 Å². The molecule has 136 valence electrons. The first kappa shape index (κ1) is 17.8. The maximum absolute atomic E-state index is 12.5. The molecule has 8 heteroatoms. The van der Waals surface area contributed by atoms with E-state index in [4.69, 9.17) is 9.47 Å². The van der Waals surface area contributed by atoms with Gasteiger partial charge in [-0.25, -0.2) is 17.7 Å². The molecule has 1 aromatic carbocycles. The van der Waals surface area contributed by atoms with Crippen molar-refractivity contribution >= 4 is 10.0 Å². The molecule has 1 unspecified atom stereocenters. The maximum Gasteiger partial charge on any atom is 0.217 e. The summed E-state index contributed by atoms with van der Waals surface area (Å²) in [6, 6.07) is 7.29. The van der Waals surface area contributed by atoms with Gasteiger partial charge in [0.2, 0.25) is 10.0 Å². The van der Waals surface area contributed by atoms with Crippen molar-refractivity contribution in [3.05, 3.63) is 42.5 Å². The number of sulfonamides is 1. The molecule has 1 atom stereocenters. The van der Waals surface area contributed by atoms with E-state index in [-0.39, 0.29) is 12.4 Å². The fourth-order valence-corrected chi connectivity index (χ4v) is 4.05. The van der Waals surface area contributed by atoms with Crippen LogP contribution in [0.1, 0.15) is 12.2 Å². The second kappa shape index (κ2) is 7.45. The SMILES string of the molecule is Cc1nccn1CCCN(C)S(=O)(=O)CC1COc2ccccc2O1. The Morgan fingerprint density at radius 1 is 1.32 bits per heavy atom. The minimum Gasteiger partial charge on any atom is -0.486 e. The van der Waals surface area contributed by atoms with E-state index in [1.807, 2.05) is 35.9 Å². The number of aromatic nitrogens is 2. The maximum atomic E-state index is 12.5. The van der Waals surface area contributed by atoms with E-state index in [9.17, 15) is 8.42 Å². The summed E-state index contributed by atoms with van der Waals surface area (Å²) < 4.78 is 39.8. The number of benzene rings is 1. The summed E-state index contributed by atoms with van der Waals surface area (Å²) in [6.45, 7) is 3.35. The molecule has 1 aromatic heterocycles. The Balaban J connectivity index is 1.52. The molecular formula is C17H23N3O4S. The van der Waals surface area contributed by atoms with Gasteiger partial charge in [0.05, 0.1) is 0 Å². The van der Waals surface area contributed by atoms with Gasteiger partial charge in [0.25, 0.3) is 0 Å². The molecule has 1 aliphatic heterocycles. The molecule has 0 saturated carbocycles. The van der Waals surface area contributed by atoms with Crippen LogP contribution in [0.2, 0.25) is 0 Å². The highest BCUT2D eigenvalue weighted by molar-refractivity contribution is 7.89. The van der Waals surface area contributed by atoms with Gasteiger partial charge in [0, 0.05) is 32.5 Å². The Kier molecular flexibility index (Phi) is 5.29. The van der Waals surface area contributed by atoms with Crippen molar-refractivity contribution in [3.8, 4) is 11.5 Å². The molecule has 0 aliphatic carbocycles. The first-order valence-corrected chi connectivity index (χ1v) is 9.87. The van der Waals surface area contributed by atoms with Crippen molar-refractivity contribution in [2.75, 3.05) is 26.0 Å². The molecule has 0 saturated heterocycles. The van der Waals surface area contributed by atoms with Crippen LogP contribution in [-0.4, -0.2) is 54.3 Å². The van der Waals surface area contributed by atoms with Crippen molar-refractivity contribution in [2.24, 2.45) is 0 Å². The molecule has 0 spiro atoms. The summed E-state index contributed by atoms with van der Waals surface area (Å²) >= 11 is 0. The normalized spacial score (nSPS) is 17.0. The zero-order chi connectivity index (χ0) is 17.9. The molecule has 0 bridgehead atoms. The van der Waals surface area contributed by atoms with Gasteiger partial charge >= 0.3 is 0 Å². The summed E-state index contributed by atoms with van der Waals surface area (Å²) in [5, 5.41) is 0. The molecular weight excluding hydrogens is 342 g/mol. The highest BCUT2D eigenvalue weighted by Crippen LogP contribution is 2.31. The average molecular weight is 365 g/mol. The van der Waals surface area contributed by atoms with E-state index in [0.717, 1.165) is 18.8 Å². The molecule has 7 nitrogen and oxygen atoms in total. The lowest BCUT2D eigenvalue weighted by Crippen LogP contribution is -2.41. The number of rotatable bonds is 7. The first-order chi connectivity index (χ1) is 12.0. The van der Waals surface area contributed by atoms with Gasteiger partial charge in [-0.05, 0) is 25.5 Å². The summed E-state index contributed by atoms with van der Waals surface area (Å²) in [7, 11) is -1.81. The Hall–Kier alpha value is -2.06. The number of fused-ring (bicyclic) bond motifs is 1. The number of para-hydroxylation sites is 2. The number of aryl methyl sites for hydroxylation is 2. The van der Waals surface area contributed by atoms with Crippen molar-refractivity contribution in [2.45, 2.75) is 26.0 Å². The quantitative estimate of drug-likeness (QED) is 0.746. The Bertz CT molecular complexity index is 819. The van der Waals surface area contributed by atoms with E-state index in [0.29, 0.717) is 18.0 Å². The van der Waals surface area contributed by atoms with Crippen molar-refractivity contribution in [1.82, 2.24) is 13.9 Å². The molecule has 0 fully saturated rings. The third-order valence-electron chi connectivity index (χ3n) is 4.23. The predicted octanol–water partition coefficient (Wildman–Crippen LogP) is 1.68. The van der Waals surface area contributed by atoms with Crippen LogP contribution in [0.5, 0.6) is 11.5 Å². The highest BCUT2D eigenvalue weighted by atomic mass is 32.2. The van der Waals surface area contributed by atoms with Gasteiger partial charge in [-0.1, -0.05) is 12.1 Å². The van der Waals surface area contributed by atoms with E-state index in [1.54, 1.807) is 19.3 Å². The van der Waals surface area contributed by atoms with Crippen LogP contribution in [-0.2, 0) is 16.6 Å².